The van der Waals surface area contributed by atoms with Crippen LogP contribution in [0.1, 0.15) is 24.2 Å². The molecule has 0 unspecified atom stereocenters. The van der Waals surface area contributed by atoms with Crippen molar-refractivity contribution in [2.45, 2.75) is 24.8 Å². The molecule has 1 atom stereocenters. The zero-order valence-electron chi connectivity index (χ0n) is 13.9. The van der Waals surface area contributed by atoms with Crippen LogP contribution in [0.15, 0.2) is 42.9 Å². The van der Waals surface area contributed by atoms with E-state index < -0.39 is 5.97 Å². The van der Waals surface area contributed by atoms with Crippen LogP contribution in [0.5, 0.6) is 0 Å². The van der Waals surface area contributed by atoms with Crippen LogP contribution in [-0.2, 0) is 11.2 Å². The Bertz CT molecular complexity index is 725. The molecule has 3 rings (SSSR count). The lowest BCUT2D eigenvalue weighted by atomic mass is 9.85. The van der Waals surface area contributed by atoms with Crippen LogP contribution >= 0.6 is 0 Å². The standard InChI is InChI=1S/C18H21N5O2/c24-17(25)6-5-15-11-22-16(12-21-15)23-18(7-3-8-19-13-18)10-14-4-1-2-9-20-14/h1-2,4-6,9,11-12,19H,3,7-8,10,13H2,(H,22,23)(H,24,25)/b6-5+/t18-/m1/s1. The highest BCUT2D eigenvalue weighted by Gasteiger charge is 2.33. The average molecular weight is 339 g/mol. The Balaban J connectivity index is 1.75. The molecule has 0 bridgehead atoms. The van der Waals surface area contributed by atoms with Gasteiger partial charge in [-0.25, -0.2) is 9.78 Å². The van der Waals surface area contributed by atoms with E-state index in [0.29, 0.717) is 11.5 Å². The monoisotopic (exact) mass is 339 g/mol. The lowest BCUT2D eigenvalue weighted by Gasteiger charge is -2.38. The molecule has 0 spiro atoms. The van der Waals surface area contributed by atoms with E-state index in [0.717, 1.165) is 44.1 Å². The molecule has 0 saturated carbocycles. The fraction of sp³-hybridized carbons (Fsp3) is 0.333. The second-order valence-electron chi connectivity index (χ2n) is 6.18. The summed E-state index contributed by atoms with van der Waals surface area (Å²) in [5.41, 5.74) is 1.38. The number of aliphatic carboxylic acids is 1. The molecule has 0 radical (unpaired) electrons. The second-order valence-corrected chi connectivity index (χ2v) is 6.18. The Morgan fingerprint density at radius 3 is 2.88 bits per heavy atom. The first-order chi connectivity index (χ1) is 12.2. The summed E-state index contributed by atoms with van der Waals surface area (Å²) in [4.78, 5) is 23.6. The summed E-state index contributed by atoms with van der Waals surface area (Å²) in [7, 11) is 0. The molecule has 25 heavy (non-hydrogen) atoms. The summed E-state index contributed by atoms with van der Waals surface area (Å²) in [6, 6.07) is 5.94. The number of aromatic nitrogens is 3. The quantitative estimate of drug-likeness (QED) is 0.689. The molecule has 130 valence electrons. The van der Waals surface area contributed by atoms with Gasteiger partial charge in [0.1, 0.15) is 5.82 Å². The maximum absolute atomic E-state index is 10.6. The van der Waals surface area contributed by atoms with Crippen LogP contribution < -0.4 is 10.6 Å². The van der Waals surface area contributed by atoms with Crippen LogP contribution in [0.3, 0.4) is 0 Å². The fourth-order valence-corrected chi connectivity index (χ4v) is 3.04. The average Bonchev–Trinajstić information content (AvgIpc) is 2.62. The van der Waals surface area contributed by atoms with Crippen LogP contribution in [0.25, 0.3) is 6.08 Å². The molecule has 1 aliphatic heterocycles. The molecule has 0 aliphatic carbocycles. The molecular weight excluding hydrogens is 318 g/mol. The number of anilines is 1. The molecule has 0 amide bonds. The van der Waals surface area contributed by atoms with Gasteiger partial charge < -0.3 is 15.7 Å². The minimum Gasteiger partial charge on any atom is -0.478 e. The van der Waals surface area contributed by atoms with Gasteiger partial charge in [0.25, 0.3) is 0 Å². The highest BCUT2D eigenvalue weighted by atomic mass is 16.4. The number of piperidine rings is 1. The summed E-state index contributed by atoms with van der Waals surface area (Å²) < 4.78 is 0. The molecule has 1 saturated heterocycles. The number of rotatable bonds is 6. The SMILES string of the molecule is O=C(O)/C=C/c1cnc(N[C@@]2(Cc3ccccn3)CCCNC2)cn1. The number of carboxylic acid groups (broad SMARTS) is 1. The van der Waals surface area contributed by atoms with E-state index in [9.17, 15) is 4.79 Å². The number of nitrogens with one attached hydrogen (secondary N) is 2. The van der Waals surface area contributed by atoms with Gasteiger partial charge in [0.05, 0.1) is 23.6 Å². The van der Waals surface area contributed by atoms with Crippen molar-refractivity contribution < 1.29 is 9.90 Å². The van der Waals surface area contributed by atoms with Crippen molar-refractivity contribution in [3.05, 3.63) is 54.3 Å². The van der Waals surface area contributed by atoms with Gasteiger partial charge in [-0.1, -0.05) is 6.07 Å². The third-order valence-corrected chi connectivity index (χ3v) is 4.18. The van der Waals surface area contributed by atoms with E-state index in [1.165, 1.54) is 6.08 Å². The summed E-state index contributed by atoms with van der Waals surface area (Å²) >= 11 is 0. The van der Waals surface area contributed by atoms with E-state index in [-0.39, 0.29) is 5.54 Å². The smallest absolute Gasteiger partial charge is 0.328 e. The Morgan fingerprint density at radius 1 is 1.32 bits per heavy atom. The van der Waals surface area contributed by atoms with Crippen molar-refractivity contribution in [1.29, 1.82) is 0 Å². The van der Waals surface area contributed by atoms with E-state index in [1.807, 2.05) is 24.4 Å². The molecule has 2 aromatic heterocycles. The second kappa shape index (κ2) is 7.85. The number of nitrogens with zero attached hydrogens (tertiary/aromatic N) is 3. The maximum Gasteiger partial charge on any atom is 0.328 e. The third kappa shape index (κ3) is 4.84. The lowest BCUT2D eigenvalue weighted by molar-refractivity contribution is -0.131. The van der Waals surface area contributed by atoms with E-state index in [1.54, 1.807) is 12.4 Å². The van der Waals surface area contributed by atoms with Crippen molar-refractivity contribution in [1.82, 2.24) is 20.3 Å². The predicted molar refractivity (Wildman–Crippen MR) is 95.1 cm³/mol. The molecule has 7 nitrogen and oxygen atoms in total. The van der Waals surface area contributed by atoms with Crippen molar-refractivity contribution in [3.63, 3.8) is 0 Å². The minimum atomic E-state index is -1.01. The lowest BCUT2D eigenvalue weighted by Crippen LogP contribution is -2.53. The van der Waals surface area contributed by atoms with Crippen molar-refractivity contribution in [2.75, 3.05) is 18.4 Å². The third-order valence-electron chi connectivity index (χ3n) is 4.18. The predicted octanol–water partition coefficient (Wildman–Crippen LogP) is 1.75. The van der Waals surface area contributed by atoms with E-state index >= 15 is 0 Å². The van der Waals surface area contributed by atoms with E-state index in [2.05, 4.69) is 25.6 Å². The van der Waals surface area contributed by atoms with Gasteiger partial charge in [-0.15, -0.1) is 0 Å². The number of hydrogen-bond donors (Lipinski definition) is 3. The highest BCUT2D eigenvalue weighted by molar-refractivity contribution is 5.84. The number of carboxylic acids is 1. The topological polar surface area (TPSA) is 100 Å². The normalized spacial score (nSPS) is 20.5. The molecular formula is C18H21N5O2. The zero-order valence-corrected chi connectivity index (χ0v) is 13.9. The van der Waals surface area contributed by atoms with Crippen LogP contribution in [-0.4, -0.2) is 44.7 Å². The van der Waals surface area contributed by atoms with Gasteiger partial charge in [-0.05, 0) is 37.6 Å². The molecule has 3 heterocycles. The fourth-order valence-electron chi connectivity index (χ4n) is 3.04. The first-order valence-corrected chi connectivity index (χ1v) is 8.27. The Morgan fingerprint density at radius 2 is 2.24 bits per heavy atom. The molecule has 7 heteroatoms. The Hall–Kier alpha value is -2.80. The Labute approximate surface area is 146 Å². The summed E-state index contributed by atoms with van der Waals surface area (Å²) in [5, 5.41) is 15.6. The van der Waals surface area contributed by atoms with Gasteiger partial charge in [-0.2, -0.15) is 0 Å². The summed E-state index contributed by atoms with van der Waals surface area (Å²) in [5.74, 6) is -0.335. The largest absolute Gasteiger partial charge is 0.478 e. The van der Waals surface area contributed by atoms with Crippen LogP contribution in [0.4, 0.5) is 5.82 Å². The van der Waals surface area contributed by atoms with Crippen molar-refractivity contribution in [3.8, 4) is 0 Å². The van der Waals surface area contributed by atoms with E-state index in [4.69, 9.17) is 5.11 Å². The van der Waals surface area contributed by atoms with Gasteiger partial charge in [0.2, 0.25) is 0 Å². The summed E-state index contributed by atoms with van der Waals surface area (Å²) in [6.45, 7) is 1.84. The molecule has 3 N–H and O–H groups in total. The first-order valence-electron chi connectivity index (χ1n) is 8.27. The van der Waals surface area contributed by atoms with Crippen molar-refractivity contribution >= 4 is 17.9 Å². The molecule has 1 aliphatic rings. The van der Waals surface area contributed by atoms with Gasteiger partial charge >= 0.3 is 5.97 Å². The van der Waals surface area contributed by atoms with Crippen LogP contribution in [0.2, 0.25) is 0 Å². The number of pyridine rings is 1. The molecule has 1 fully saturated rings. The first kappa shape index (κ1) is 17.0. The minimum absolute atomic E-state index is 0.167. The van der Waals surface area contributed by atoms with Crippen molar-refractivity contribution in [2.24, 2.45) is 0 Å². The van der Waals surface area contributed by atoms with Gasteiger partial charge in [0, 0.05) is 30.9 Å². The summed E-state index contributed by atoms with van der Waals surface area (Å²) in [6.07, 6.45) is 10.4. The van der Waals surface area contributed by atoms with Gasteiger partial charge in [-0.3, -0.25) is 9.97 Å². The van der Waals surface area contributed by atoms with Gasteiger partial charge in [0.15, 0.2) is 0 Å². The van der Waals surface area contributed by atoms with Crippen LogP contribution in [0, 0.1) is 0 Å². The zero-order chi connectivity index (χ0) is 17.5. The highest BCUT2D eigenvalue weighted by Crippen LogP contribution is 2.25. The number of carbonyl (C=O) groups is 1. The molecule has 2 aromatic rings. The Kier molecular flexibility index (Phi) is 5.35. The maximum atomic E-state index is 10.6. The molecule has 0 aromatic carbocycles. The number of hydrogen-bond acceptors (Lipinski definition) is 6.